The number of hydrogen-bond acceptors (Lipinski definition) is 2. The molecule has 0 aliphatic heterocycles. The van der Waals surface area contributed by atoms with E-state index in [1.54, 1.807) is 0 Å². The number of nitrogens with zero attached hydrogens (tertiary/aromatic N) is 2. The van der Waals surface area contributed by atoms with Gasteiger partial charge in [0.05, 0.1) is 5.69 Å². The molecule has 0 saturated heterocycles. The fraction of sp³-hybridized carbons (Fsp3) is 0.700. The van der Waals surface area contributed by atoms with Gasteiger partial charge in [0.15, 0.2) is 0 Å². The van der Waals surface area contributed by atoms with Gasteiger partial charge in [-0.05, 0) is 25.3 Å². The molecule has 1 atom stereocenters. The quantitative estimate of drug-likeness (QED) is 0.764. The van der Waals surface area contributed by atoms with Crippen molar-refractivity contribution in [1.29, 1.82) is 0 Å². The van der Waals surface area contributed by atoms with Crippen LogP contribution < -0.4 is 5.73 Å². The highest BCUT2D eigenvalue weighted by Crippen LogP contribution is 2.36. The molecule has 1 aliphatic carbocycles. The third kappa shape index (κ3) is 1.91. The van der Waals surface area contributed by atoms with Gasteiger partial charge >= 0.3 is 0 Å². The third-order valence-corrected chi connectivity index (χ3v) is 2.71. The molecule has 0 spiro atoms. The lowest BCUT2D eigenvalue weighted by atomic mass is 10.1. The maximum Gasteiger partial charge on any atom is 0.0551 e. The lowest BCUT2D eigenvalue weighted by Crippen LogP contribution is -2.16. The van der Waals surface area contributed by atoms with E-state index in [0.29, 0.717) is 0 Å². The summed E-state index contributed by atoms with van der Waals surface area (Å²) in [5, 5.41) is 4.22. The van der Waals surface area contributed by atoms with Gasteiger partial charge in [-0.3, -0.25) is 4.68 Å². The molecule has 2 N–H and O–H groups in total. The van der Waals surface area contributed by atoms with E-state index in [4.69, 9.17) is 5.73 Å². The lowest BCUT2D eigenvalue weighted by molar-refractivity contribution is 0.524. The van der Waals surface area contributed by atoms with E-state index in [0.717, 1.165) is 18.9 Å². The monoisotopic (exact) mass is 179 g/mol. The Morgan fingerprint density at radius 1 is 1.69 bits per heavy atom. The minimum atomic E-state index is 0.190. The summed E-state index contributed by atoms with van der Waals surface area (Å²) < 4.78 is 1.99. The van der Waals surface area contributed by atoms with Gasteiger partial charge in [-0.15, -0.1) is 0 Å². The zero-order chi connectivity index (χ0) is 9.26. The summed E-state index contributed by atoms with van der Waals surface area (Å²) >= 11 is 0. The largest absolute Gasteiger partial charge is 0.323 e. The van der Waals surface area contributed by atoms with Crippen molar-refractivity contribution < 1.29 is 0 Å². The van der Waals surface area contributed by atoms with Crippen LogP contribution in [0.15, 0.2) is 12.3 Å². The van der Waals surface area contributed by atoms with Crippen LogP contribution in [0.3, 0.4) is 0 Å². The number of aromatic nitrogens is 2. The molecule has 0 aromatic carbocycles. The van der Waals surface area contributed by atoms with Crippen molar-refractivity contribution in [3.8, 4) is 0 Å². The second-order valence-corrected chi connectivity index (χ2v) is 3.86. The van der Waals surface area contributed by atoms with E-state index in [2.05, 4.69) is 12.0 Å². The van der Waals surface area contributed by atoms with Crippen molar-refractivity contribution in [2.24, 2.45) is 11.7 Å². The van der Waals surface area contributed by atoms with E-state index in [-0.39, 0.29) is 6.04 Å². The summed E-state index contributed by atoms with van der Waals surface area (Å²) in [6.07, 6.45) is 5.71. The van der Waals surface area contributed by atoms with Crippen LogP contribution in [0, 0.1) is 5.92 Å². The lowest BCUT2D eigenvalue weighted by Gasteiger charge is -2.12. The Hall–Kier alpha value is -0.830. The minimum Gasteiger partial charge on any atom is -0.323 e. The SMILES string of the molecule is CCn1nccc1C(N)CC1CC1. The fourth-order valence-corrected chi connectivity index (χ4v) is 1.76. The maximum atomic E-state index is 6.10. The normalized spacial score (nSPS) is 18.9. The molecule has 1 fully saturated rings. The van der Waals surface area contributed by atoms with E-state index >= 15 is 0 Å². The van der Waals surface area contributed by atoms with Crippen LogP contribution in [0.1, 0.15) is 37.9 Å². The van der Waals surface area contributed by atoms with Crippen molar-refractivity contribution in [3.63, 3.8) is 0 Å². The summed E-state index contributed by atoms with van der Waals surface area (Å²) in [4.78, 5) is 0. The molecule has 3 nitrogen and oxygen atoms in total. The van der Waals surface area contributed by atoms with E-state index < -0.39 is 0 Å². The topological polar surface area (TPSA) is 43.8 Å². The molecule has 0 amide bonds. The van der Waals surface area contributed by atoms with Gasteiger partial charge in [0.25, 0.3) is 0 Å². The van der Waals surface area contributed by atoms with Gasteiger partial charge in [0.2, 0.25) is 0 Å². The Bertz CT molecular complexity index is 275. The van der Waals surface area contributed by atoms with Gasteiger partial charge in [-0.2, -0.15) is 5.10 Å². The molecule has 0 bridgehead atoms. The smallest absolute Gasteiger partial charge is 0.0551 e. The predicted molar refractivity (Wildman–Crippen MR) is 52.2 cm³/mol. The number of hydrogen-bond donors (Lipinski definition) is 1. The molecule has 13 heavy (non-hydrogen) atoms. The van der Waals surface area contributed by atoms with E-state index in [9.17, 15) is 0 Å². The zero-order valence-corrected chi connectivity index (χ0v) is 8.11. The number of aryl methyl sites for hydroxylation is 1. The van der Waals surface area contributed by atoms with Gasteiger partial charge in [0.1, 0.15) is 0 Å². The Morgan fingerprint density at radius 2 is 2.46 bits per heavy atom. The summed E-state index contributed by atoms with van der Waals surface area (Å²) in [6, 6.07) is 2.23. The van der Waals surface area contributed by atoms with Crippen LogP contribution in [0.25, 0.3) is 0 Å². The summed E-state index contributed by atoms with van der Waals surface area (Å²) in [5.41, 5.74) is 7.29. The standard InChI is InChI=1S/C10H17N3/c1-2-13-10(5-6-12-13)9(11)7-8-3-4-8/h5-6,8-9H,2-4,7,11H2,1H3. The summed E-state index contributed by atoms with van der Waals surface area (Å²) in [6.45, 7) is 3.01. The van der Waals surface area contributed by atoms with Crippen LogP contribution >= 0.6 is 0 Å². The van der Waals surface area contributed by atoms with Crippen LogP contribution in [0.4, 0.5) is 0 Å². The van der Waals surface area contributed by atoms with Crippen molar-refractivity contribution >= 4 is 0 Å². The number of rotatable bonds is 4. The molecule has 1 unspecified atom stereocenters. The van der Waals surface area contributed by atoms with Crippen LogP contribution in [0.5, 0.6) is 0 Å². The summed E-state index contributed by atoms with van der Waals surface area (Å²) in [5.74, 6) is 0.884. The molecular formula is C10H17N3. The van der Waals surface area contributed by atoms with Crippen molar-refractivity contribution in [3.05, 3.63) is 18.0 Å². The fourth-order valence-electron chi connectivity index (χ4n) is 1.76. The molecule has 0 radical (unpaired) electrons. The maximum absolute atomic E-state index is 6.10. The molecule has 1 saturated carbocycles. The predicted octanol–water partition coefficient (Wildman–Crippen LogP) is 1.70. The van der Waals surface area contributed by atoms with Gasteiger partial charge in [-0.25, -0.2) is 0 Å². The Balaban J connectivity index is 2.04. The first-order valence-electron chi connectivity index (χ1n) is 5.08. The highest BCUT2D eigenvalue weighted by Gasteiger charge is 2.25. The molecule has 1 aromatic rings. The minimum absolute atomic E-state index is 0.190. The van der Waals surface area contributed by atoms with Gasteiger partial charge in [0, 0.05) is 18.8 Å². The molecule has 3 heteroatoms. The highest BCUT2D eigenvalue weighted by atomic mass is 15.3. The molecule has 1 aromatic heterocycles. The van der Waals surface area contributed by atoms with Gasteiger partial charge in [-0.1, -0.05) is 12.8 Å². The second-order valence-electron chi connectivity index (χ2n) is 3.86. The van der Waals surface area contributed by atoms with Crippen molar-refractivity contribution in [1.82, 2.24) is 9.78 Å². The zero-order valence-electron chi connectivity index (χ0n) is 8.11. The summed E-state index contributed by atoms with van der Waals surface area (Å²) in [7, 11) is 0. The van der Waals surface area contributed by atoms with Crippen molar-refractivity contribution in [2.45, 2.75) is 38.8 Å². The van der Waals surface area contributed by atoms with Crippen molar-refractivity contribution in [2.75, 3.05) is 0 Å². The first-order chi connectivity index (χ1) is 6.31. The highest BCUT2D eigenvalue weighted by molar-refractivity contribution is 5.07. The first kappa shape index (κ1) is 8.75. The van der Waals surface area contributed by atoms with E-state index in [1.165, 1.54) is 18.5 Å². The Kier molecular flexibility index (Phi) is 2.36. The van der Waals surface area contributed by atoms with Crippen LogP contribution in [0.2, 0.25) is 0 Å². The van der Waals surface area contributed by atoms with E-state index in [1.807, 2.05) is 16.9 Å². The van der Waals surface area contributed by atoms with Crippen LogP contribution in [-0.4, -0.2) is 9.78 Å². The Labute approximate surface area is 78.9 Å². The van der Waals surface area contributed by atoms with Crippen LogP contribution in [-0.2, 0) is 6.54 Å². The first-order valence-corrected chi connectivity index (χ1v) is 5.08. The van der Waals surface area contributed by atoms with Gasteiger partial charge < -0.3 is 5.73 Å². The molecule has 1 aliphatic rings. The third-order valence-electron chi connectivity index (χ3n) is 2.71. The Morgan fingerprint density at radius 3 is 3.08 bits per heavy atom. The molecule has 2 rings (SSSR count). The average Bonchev–Trinajstić information content (AvgIpc) is 2.82. The second kappa shape index (κ2) is 3.50. The average molecular weight is 179 g/mol. The molecular weight excluding hydrogens is 162 g/mol. The molecule has 72 valence electrons. The molecule has 1 heterocycles. The number of nitrogens with two attached hydrogens (primary N) is 1.